The molecule has 21 heavy (non-hydrogen) atoms. The van der Waals surface area contributed by atoms with Crippen LogP contribution in [0.1, 0.15) is 80.6 Å². The van der Waals surface area contributed by atoms with Gasteiger partial charge in [0.25, 0.3) is 0 Å². The minimum Gasteiger partial charge on any atom is -0.306 e. The number of hydrogen-bond donors (Lipinski definition) is 0. The van der Waals surface area contributed by atoms with Crippen LogP contribution in [-0.4, -0.2) is 49.6 Å². The van der Waals surface area contributed by atoms with E-state index in [-0.39, 0.29) is 0 Å². The first-order chi connectivity index (χ1) is 10.2. The predicted octanol–water partition coefficient (Wildman–Crippen LogP) is 5.28. The Bertz CT molecular complexity index is 186. The predicted molar refractivity (Wildman–Crippen MR) is 99.2 cm³/mol. The fourth-order valence-corrected chi connectivity index (χ4v) is 2.94. The molecule has 2 nitrogen and oxygen atoms in total. The van der Waals surface area contributed by atoms with Crippen LogP contribution in [0, 0.1) is 5.41 Å². The second-order valence-corrected chi connectivity index (χ2v) is 5.94. The van der Waals surface area contributed by atoms with E-state index in [0.717, 1.165) is 5.41 Å². The lowest BCUT2D eigenvalue weighted by molar-refractivity contribution is 0.0448. The Hall–Kier alpha value is -0.0800. The van der Waals surface area contributed by atoms with Crippen molar-refractivity contribution in [3.05, 3.63) is 0 Å². The van der Waals surface area contributed by atoms with Crippen LogP contribution in [0.3, 0.4) is 0 Å². The Balaban J connectivity index is 0. The summed E-state index contributed by atoms with van der Waals surface area (Å²) in [5.74, 6) is 0. The van der Waals surface area contributed by atoms with Crippen LogP contribution >= 0.6 is 0 Å². The SMILES string of the molecule is CC.CC.CCC.CCN1CCC2(CCN(C)CC2)CC1. The average Bonchev–Trinajstić information content (AvgIpc) is 2.56. The summed E-state index contributed by atoms with van der Waals surface area (Å²) in [4.78, 5) is 5.08. The van der Waals surface area contributed by atoms with Crippen LogP contribution in [-0.2, 0) is 0 Å². The van der Waals surface area contributed by atoms with Crippen molar-refractivity contribution in [2.24, 2.45) is 5.41 Å². The highest BCUT2D eigenvalue weighted by Crippen LogP contribution is 2.40. The number of rotatable bonds is 1. The summed E-state index contributed by atoms with van der Waals surface area (Å²) in [6.07, 6.45) is 7.05. The van der Waals surface area contributed by atoms with Gasteiger partial charge in [-0.25, -0.2) is 0 Å². The molecule has 0 N–H and O–H groups in total. The van der Waals surface area contributed by atoms with Crippen LogP contribution in [0.25, 0.3) is 0 Å². The third-order valence-electron chi connectivity index (χ3n) is 4.41. The third-order valence-corrected chi connectivity index (χ3v) is 4.41. The lowest BCUT2D eigenvalue weighted by Crippen LogP contribution is -2.45. The Labute approximate surface area is 136 Å². The van der Waals surface area contributed by atoms with E-state index in [2.05, 4.69) is 37.6 Å². The summed E-state index contributed by atoms with van der Waals surface area (Å²) in [5.41, 5.74) is 0.734. The van der Waals surface area contributed by atoms with E-state index in [1.807, 2.05) is 27.7 Å². The van der Waals surface area contributed by atoms with E-state index in [0.29, 0.717) is 0 Å². The molecule has 0 unspecified atom stereocenters. The zero-order chi connectivity index (χ0) is 16.7. The van der Waals surface area contributed by atoms with E-state index in [4.69, 9.17) is 0 Å². The molecular weight excluding hydrogens is 256 g/mol. The zero-order valence-electron chi connectivity index (χ0n) is 16.5. The molecule has 2 heteroatoms. The van der Waals surface area contributed by atoms with Crippen LogP contribution in [0.4, 0.5) is 0 Å². The topological polar surface area (TPSA) is 6.48 Å². The van der Waals surface area contributed by atoms with E-state index >= 15 is 0 Å². The third kappa shape index (κ3) is 9.52. The van der Waals surface area contributed by atoms with E-state index in [1.54, 1.807) is 0 Å². The van der Waals surface area contributed by atoms with Gasteiger partial charge in [-0.3, -0.25) is 0 Å². The quantitative estimate of drug-likeness (QED) is 0.650. The maximum atomic E-state index is 2.60. The molecule has 0 amide bonds. The molecule has 0 aromatic heterocycles. The molecule has 0 aliphatic carbocycles. The van der Waals surface area contributed by atoms with Gasteiger partial charge in [-0.15, -0.1) is 0 Å². The van der Waals surface area contributed by atoms with Gasteiger partial charge in [0.2, 0.25) is 0 Å². The van der Waals surface area contributed by atoms with Crippen molar-refractivity contribution in [3.8, 4) is 0 Å². The Morgan fingerprint density at radius 3 is 1.38 bits per heavy atom. The van der Waals surface area contributed by atoms with Crippen molar-refractivity contribution in [1.29, 1.82) is 0 Å². The number of piperidine rings is 2. The highest BCUT2D eigenvalue weighted by molar-refractivity contribution is 4.89. The van der Waals surface area contributed by atoms with Crippen molar-refractivity contribution < 1.29 is 0 Å². The molecule has 2 aliphatic heterocycles. The minimum atomic E-state index is 0.734. The van der Waals surface area contributed by atoms with E-state index < -0.39 is 0 Å². The molecule has 2 heterocycles. The second-order valence-electron chi connectivity index (χ2n) is 5.94. The largest absolute Gasteiger partial charge is 0.306 e. The van der Waals surface area contributed by atoms with Gasteiger partial charge >= 0.3 is 0 Å². The van der Waals surface area contributed by atoms with E-state index in [1.165, 1.54) is 64.8 Å². The van der Waals surface area contributed by atoms with Gasteiger partial charge in [-0.2, -0.15) is 0 Å². The van der Waals surface area contributed by atoms with Crippen LogP contribution in [0.5, 0.6) is 0 Å². The van der Waals surface area contributed by atoms with Crippen molar-refractivity contribution in [3.63, 3.8) is 0 Å². The monoisotopic (exact) mass is 300 g/mol. The summed E-state index contributed by atoms with van der Waals surface area (Å²) in [6.45, 7) is 21.1. The molecule has 130 valence electrons. The number of nitrogens with zero attached hydrogens (tertiary/aromatic N) is 2. The fraction of sp³-hybridized carbons (Fsp3) is 1.00. The summed E-state index contributed by atoms with van der Waals surface area (Å²) in [6, 6.07) is 0. The highest BCUT2D eigenvalue weighted by Gasteiger charge is 2.36. The molecule has 0 aromatic carbocycles. The summed E-state index contributed by atoms with van der Waals surface area (Å²) < 4.78 is 0. The van der Waals surface area contributed by atoms with Gasteiger partial charge in [0, 0.05) is 0 Å². The Morgan fingerprint density at radius 2 is 1.05 bits per heavy atom. The van der Waals surface area contributed by atoms with Crippen LogP contribution < -0.4 is 0 Å². The lowest BCUT2D eigenvalue weighted by Gasteiger charge is -2.46. The Morgan fingerprint density at radius 1 is 0.714 bits per heavy atom. The fourth-order valence-electron chi connectivity index (χ4n) is 2.94. The van der Waals surface area contributed by atoms with Gasteiger partial charge in [-0.1, -0.05) is 54.9 Å². The zero-order valence-corrected chi connectivity index (χ0v) is 16.5. The van der Waals surface area contributed by atoms with Gasteiger partial charge in [-0.05, 0) is 70.9 Å². The van der Waals surface area contributed by atoms with Crippen LogP contribution in [0.15, 0.2) is 0 Å². The Kier molecular flexibility index (Phi) is 16.4. The van der Waals surface area contributed by atoms with Gasteiger partial charge in [0.05, 0.1) is 0 Å². The van der Waals surface area contributed by atoms with E-state index in [9.17, 15) is 0 Å². The standard InChI is InChI=1S/C12H24N2.C3H8.2C2H6/c1-3-14-10-6-12(7-11-14)4-8-13(2)9-5-12;1-3-2;2*1-2/h3-11H2,1-2H3;3H2,1-2H3;2*1-2H3. The molecule has 0 bridgehead atoms. The maximum absolute atomic E-state index is 2.60. The molecule has 0 saturated carbocycles. The van der Waals surface area contributed by atoms with Crippen molar-refractivity contribution in [2.75, 3.05) is 39.8 Å². The van der Waals surface area contributed by atoms with Crippen molar-refractivity contribution >= 4 is 0 Å². The maximum Gasteiger partial charge on any atom is -0.00135 e. The number of likely N-dealkylation sites (tertiary alicyclic amines) is 2. The summed E-state index contributed by atoms with van der Waals surface area (Å²) >= 11 is 0. The lowest BCUT2D eigenvalue weighted by atomic mass is 9.71. The highest BCUT2D eigenvalue weighted by atomic mass is 15.1. The molecule has 1 spiro atoms. The average molecular weight is 301 g/mol. The summed E-state index contributed by atoms with van der Waals surface area (Å²) in [5, 5.41) is 0. The van der Waals surface area contributed by atoms with Gasteiger partial charge in [0.1, 0.15) is 0 Å². The smallest absolute Gasteiger partial charge is 0.00135 e. The van der Waals surface area contributed by atoms with Gasteiger partial charge < -0.3 is 9.80 Å². The summed E-state index contributed by atoms with van der Waals surface area (Å²) in [7, 11) is 2.26. The molecule has 0 aromatic rings. The molecule has 0 atom stereocenters. The molecular formula is C19H44N2. The normalized spacial score (nSPS) is 21.1. The molecule has 2 rings (SSSR count). The molecule has 0 radical (unpaired) electrons. The second kappa shape index (κ2) is 14.8. The molecule has 2 fully saturated rings. The minimum absolute atomic E-state index is 0.734. The van der Waals surface area contributed by atoms with Crippen molar-refractivity contribution in [2.45, 2.75) is 80.6 Å². The van der Waals surface area contributed by atoms with Crippen LogP contribution in [0.2, 0.25) is 0 Å². The first-order valence-corrected chi connectivity index (χ1v) is 9.56. The van der Waals surface area contributed by atoms with Gasteiger partial charge in [0.15, 0.2) is 0 Å². The first-order valence-electron chi connectivity index (χ1n) is 9.56. The molecule has 2 aliphatic rings. The number of hydrogen-bond acceptors (Lipinski definition) is 2. The van der Waals surface area contributed by atoms with Crippen molar-refractivity contribution in [1.82, 2.24) is 9.80 Å². The first kappa shape index (κ1) is 23.2. The molecule has 2 saturated heterocycles.